The van der Waals surface area contributed by atoms with Crippen molar-refractivity contribution in [2.75, 3.05) is 31.2 Å². The zero-order chi connectivity index (χ0) is 12.5. The van der Waals surface area contributed by atoms with Crippen molar-refractivity contribution in [3.8, 4) is 0 Å². The highest BCUT2D eigenvalue weighted by Gasteiger charge is 2.24. The Kier molecular flexibility index (Phi) is 2.91. The summed E-state index contributed by atoms with van der Waals surface area (Å²) in [5.74, 6) is -0.273. The second-order valence-corrected chi connectivity index (χ2v) is 4.72. The number of carboxylic acid groups (broad SMARTS) is 1. The number of aromatic nitrogens is 1. The van der Waals surface area contributed by atoms with Gasteiger partial charge in [0.1, 0.15) is 11.4 Å². The molecule has 0 saturated carbocycles. The van der Waals surface area contributed by atoms with Crippen molar-refractivity contribution in [1.82, 2.24) is 4.98 Å². The summed E-state index contributed by atoms with van der Waals surface area (Å²) in [6.45, 7) is 2.70. The van der Waals surface area contributed by atoms with Gasteiger partial charge in [-0.2, -0.15) is 0 Å². The molecule has 0 atom stereocenters. The molecule has 3 rings (SSSR count). The van der Waals surface area contributed by atoms with Crippen LogP contribution in [0.4, 0.5) is 5.82 Å². The maximum atomic E-state index is 11.4. The van der Waals surface area contributed by atoms with Gasteiger partial charge in [0.15, 0.2) is 0 Å². The van der Waals surface area contributed by atoms with E-state index in [2.05, 4.69) is 4.98 Å². The molecule has 1 fully saturated rings. The average Bonchev–Trinajstić information content (AvgIpc) is 2.85. The first-order chi connectivity index (χ1) is 8.75. The number of carbonyl (C=O) groups is 1. The topological polar surface area (TPSA) is 62.7 Å². The second-order valence-electron chi connectivity index (χ2n) is 4.72. The fourth-order valence-electron chi connectivity index (χ4n) is 2.63. The molecule has 5 nitrogen and oxygen atoms in total. The van der Waals surface area contributed by atoms with Crippen LogP contribution in [0.15, 0.2) is 6.07 Å². The molecule has 0 aromatic carbocycles. The highest BCUT2D eigenvalue weighted by Crippen LogP contribution is 2.27. The number of hydrogen-bond donors (Lipinski definition) is 1. The van der Waals surface area contributed by atoms with Gasteiger partial charge >= 0.3 is 5.97 Å². The van der Waals surface area contributed by atoms with Gasteiger partial charge in [-0.15, -0.1) is 0 Å². The molecule has 1 N–H and O–H groups in total. The summed E-state index contributed by atoms with van der Waals surface area (Å²) in [6.07, 6.45) is 2.99. The summed E-state index contributed by atoms with van der Waals surface area (Å²) in [5, 5.41) is 9.33. The summed E-state index contributed by atoms with van der Waals surface area (Å²) in [6, 6.07) is 1.81. The van der Waals surface area contributed by atoms with E-state index in [-0.39, 0.29) is 0 Å². The quantitative estimate of drug-likeness (QED) is 0.849. The van der Waals surface area contributed by atoms with Crippen LogP contribution >= 0.6 is 0 Å². The van der Waals surface area contributed by atoms with Crippen LogP contribution in [0.5, 0.6) is 0 Å². The van der Waals surface area contributed by atoms with E-state index < -0.39 is 5.97 Å². The van der Waals surface area contributed by atoms with Crippen LogP contribution in [0.3, 0.4) is 0 Å². The highest BCUT2D eigenvalue weighted by molar-refractivity contribution is 5.93. The number of ether oxygens (including phenoxy) is 1. The van der Waals surface area contributed by atoms with Crippen LogP contribution in [-0.4, -0.2) is 42.4 Å². The molecule has 2 heterocycles. The molecule has 1 aliphatic carbocycles. The smallest absolute Gasteiger partial charge is 0.339 e. The molecule has 96 valence electrons. The van der Waals surface area contributed by atoms with Crippen molar-refractivity contribution in [3.05, 3.63) is 22.9 Å². The van der Waals surface area contributed by atoms with Gasteiger partial charge in [-0.1, -0.05) is 0 Å². The number of morpholine rings is 1. The summed E-state index contributed by atoms with van der Waals surface area (Å²) >= 11 is 0. The van der Waals surface area contributed by atoms with E-state index in [4.69, 9.17) is 4.74 Å². The van der Waals surface area contributed by atoms with Crippen LogP contribution in [0.25, 0.3) is 0 Å². The molecule has 5 heteroatoms. The predicted octanol–water partition coefficient (Wildman–Crippen LogP) is 1.11. The van der Waals surface area contributed by atoms with Gasteiger partial charge < -0.3 is 14.7 Å². The number of aromatic carboxylic acids is 1. The fourth-order valence-corrected chi connectivity index (χ4v) is 2.63. The number of rotatable bonds is 2. The van der Waals surface area contributed by atoms with Crippen LogP contribution in [0.2, 0.25) is 0 Å². The van der Waals surface area contributed by atoms with E-state index in [1.54, 1.807) is 0 Å². The molecule has 1 saturated heterocycles. The molecule has 0 amide bonds. The van der Waals surface area contributed by atoms with Crippen LogP contribution < -0.4 is 4.90 Å². The minimum Gasteiger partial charge on any atom is -0.478 e. The first-order valence-corrected chi connectivity index (χ1v) is 6.34. The minimum absolute atomic E-state index is 0.331. The van der Waals surface area contributed by atoms with E-state index in [0.717, 1.165) is 30.5 Å². The average molecular weight is 248 g/mol. The molecule has 1 aliphatic heterocycles. The van der Waals surface area contributed by atoms with E-state index in [1.165, 1.54) is 0 Å². The lowest BCUT2D eigenvalue weighted by Gasteiger charge is -2.29. The molecule has 2 aliphatic rings. The third-order valence-electron chi connectivity index (χ3n) is 3.57. The normalized spacial score (nSPS) is 18.8. The zero-order valence-corrected chi connectivity index (χ0v) is 10.2. The van der Waals surface area contributed by atoms with Crippen LogP contribution in [0.1, 0.15) is 28.0 Å². The molecule has 0 spiro atoms. The SMILES string of the molecule is O=C(O)c1cc2c(nc1N1CCOCC1)CCC2. The molecule has 1 aromatic heterocycles. The maximum Gasteiger partial charge on any atom is 0.339 e. The summed E-state index contributed by atoms with van der Waals surface area (Å²) in [4.78, 5) is 18.0. The maximum absolute atomic E-state index is 11.4. The van der Waals surface area contributed by atoms with E-state index in [9.17, 15) is 9.90 Å². The number of pyridine rings is 1. The molecule has 0 bridgehead atoms. The Morgan fingerprint density at radius 3 is 2.83 bits per heavy atom. The summed E-state index contributed by atoms with van der Waals surface area (Å²) < 4.78 is 5.30. The molecule has 18 heavy (non-hydrogen) atoms. The number of fused-ring (bicyclic) bond motifs is 1. The van der Waals surface area contributed by atoms with E-state index in [0.29, 0.717) is 37.7 Å². The van der Waals surface area contributed by atoms with Gasteiger partial charge in [0.05, 0.1) is 13.2 Å². The number of nitrogens with zero attached hydrogens (tertiary/aromatic N) is 2. The fraction of sp³-hybridized carbons (Fsp3) is 0.538. The van der Waals surface area contributed by atoms with Crippen LogP contribution in [-0.2, 0) is 17.6 Å². The van der Waals surface area contributed by atoms with Crippen molar-refractivity contribution in [3.63, 3.8) is 0 Å². The number of aryl methyl sites for hydroxylation is 2. The number of anilines is 1. The van der Waals surface area contributed by atoms with Crippen molar-refractivity contribution in [2.45, 2.75) is 19.3 Å². The molecular weight excluding hydrogens is 232 g/mol. The van der Waals surface area contributed by atoms with E-state index >= 15 is 0 Å². The second kappa shape index (κ2) is 4.57. The van der Waals surface area contributed by atoms with Gasteiger partial charge in [0.2, 0.25) is 0 Å². The molecule has 0 radical (unpaired) electrons. The molecular formula is C13H16N2O3. The predicted molar refractivity (Wildman–Crippen MR) is 66.3 cm³/mol. The van der Waals surface area contributed by atoms with Gasteiger partial charge in [-0.25, -0.2) is 9.78 Å². The standard InChI is InChI=1S/C13H16N2O3/c16-13(17)10-8-9-2-1-3-11(9)14-12(10)15-4-6-18-7-5-15/h8H,1-7H2,(H,16,17). The Bertz CT molecular complexity index is 481. The first kappa shape index (κ1) is 11.5. The van der Waals surface area contributed by atoms with Crippen LogP contribution in [0, 0.1) is 0 Å². The zero-order valence-electron chi connectivity index (χ0n) is 10.2. The van der Waals surface area contributed by atoms with Gasteiger partial charge in [-0.05, 0) is 30.9 Å². The summed E-state index contributed by atoms with van der Waals surface area (Å²) in [7, 11) is 0. The Labute approximate surface area is 105 Å². The monoisotopic (exact) mass is 248 g/mol. The van der Waals surface area contributed by atoms with Gasteiger partial charge in [0.25, 0.3) is 0 Å². The van der Waals surface area contributed by atoms with Crippen molar-refractivity contribution >= 4 is 11.8 Å². The molecule has 1 aromatic rings. The highest BCUT2D eigenvalue weighted by atomic mass is 16.5. The Morgan fingerprint density at radius 1 is 1.33 bits per heavy atom. The lowest BCUT2D eigenvalue weighted by molar-refractivity contribution is 0.0695. The van der Waals surface area contributed by atoms with Crippen molar-refractivity contribution in [1.29, 1.82) is 0 Å². The lowest BCUT2D eigenvalue weighted by Crippen LogP contribution is -2.38. The van der Waals surface area contributed by atoms with E-state index in [1.807, 2.05) is 11.0 Å². The largest absolute Gasteiger partial charge is 0.478 e. The third-order valence-corrected chi connectivity index (χ3v) is 3.57. The lowest BCUT2D eigenvalue weighted by atomic mass is 10.1. The summed E-state index contributed by atoms with van der Waals surface area (Å²) in [5.41, 5.74) is 2.50. The molecule has 0 unspecified atom stereocenters. The third kappa shape index (κ3) is 1.95. The number of carboxylic acids is 1. The van der Waals surface area contributed by atoms with Crippen molar-refractivity contribution in [2.24, 2.45) is 0 Å². The number of hydrogen-bond acceptors (Lipinski definition) is 4. The minimum atomic E-state index is -0.890. The Morgan fingerprint density at radius 2 is 2.11 bits per heavy atom. The van der Waals surface area contributed by atoms with Crippen molar-refractivity contribution < 1.29 is 14.6 Å². The first-order valence-electron chi connectivity index (χ1n) is 6.34. The Hall–Kier alpha value is -1.62. The van der Waals surface area contributed by atoms with Gasteiger partial charge in [-0.3, -0.25) is 0 Å². The Balaban J connectivity index is 2.02. The van der Waals surface area contributed by atoms with Gasteiger partial charge in [0, 0.05) is 18.8 Å².